The number of thioether (sulfide) groups is 1. The van der Waals surface area contributed by atoms with Crippen molar-refractivity contribution in [2.24, 2.45) is 0 Å². The molecule has 2 aliphatic rings. The lowest BCUT2D eigenvalue weighted by Crippen LogP contribution is -2.33. The van der Waals surface area contributed by atoms with Gasteiger partial charge < -0.3 is 10.1 Å². The van der Waals surface area contributed by atoms with E-state index in [1.807, 2.05) is 0 Å². The fraction of sp³-hybridized carbons (Fsp3) is 0.538. The van der Waals surface area contributed by atoms with E-state index < -0.39 is 0 Å². The van der Waals surface area contributed by atoms with Gasteiger partial charge in [0.15, 0.2) is 0 Å². The van der Waals surface area contributed by atoms with Gasteiger partial charge in [0.25, 0.3) is 0 Å². The number of methoxy groups -OCH3 is 1. The van der Waals surface area contributed by atoms with Gasteiger partial charge in [-0.3, -0.25) is 0 Å². The molecule has 3 heteroatoms. The van der Waals surface area contributed by atoms with Gasteiger partial charge in [-0.05, 0) is 25.0 Å². The molecule has 86 valence electrons. The van der Waals surface area contributed by atoms with Crippen molar-refractivity contribution in [2.45, 2.75) is 35.3 Å². The molecule has 0 bridgehead atoms. The van der Waals surface area contributed by atoms with Gasteiger partial charge in [0.1, 0.15) is 5.75 Å². The molecule has 16 heavy (non-hydrogen) atoms. The van der Waals surface area contributed by atoms with E-state index >= 15 is 0 Å². The van der Waals surface area contributed by atoms with E-state index in [1.54, 1.807) is 7.11 Å². The maximum absolute atomic E-state index is 5.25. The molecule has 1 aliphatic carbocycles. The molecule has 2 nitrogen and oxygen atoms in total. The summed E-state index contributed by atoms with van der Waals surface area (Å²) in [6.45, 7) is 1.11. The Balaban J connectivity index is 1.89. The van der Waals surface area contributed by atoms with Crippen LogP contribution in [-0.2, 0) is 0 Å². The van der Waals surface area contributed by atoms with Crippen molar-refractivity contribution < 1.29 is 4.74 Å². The minimum absolute atomic E-state index is 0.474. The standard InChI is InChI=1S/C13H17NOS/c1-15-10-4-5-12-11(8-10)14-9-13(16-12)6-2-3-7-13/h4-5,8,14H,2-3,6-7,9H2,1H3. The van der Waals surface area contributed by atoms with Crippen LogP contribution in [0.5, 0.6) is 5.75 Å². The molecule has 0 saturated heterocycles. The molecule has 0 atom stereocenters. The lowest BCUT2D eigenvalue weighted by molar-refractivity contribution is 0.414. The molecule has 0 aromatic heterocycles. The van der Waals surface area contributed by atoms with E-state index in [0.717, 1.165) is 12.3 Å². The molecule has 1 N–H and O–H groups in total. The maximum Gasteiger partial charge on any atom is 0.121 e. The summed E-state index contributed by atoms with van der Waals surface area (Å²) in [6, 6.07) is 6.34. The monoisotopic (exact) mass is 235 g/mol. The van der Waals surface area contributed by atoms with Crippen molar-refractivity contribution in [2.75, 3.05) is 19.0 Å². The van der Waals surface area contributed by atoms with Gasteiger partial charge in [-0.1, -0.05) is 12.8 Å². The largest absolute Gasteiger partial charge is 0.497 e. The number of rotatable bonds is 1. The average molecular weight is 235 g/mol. The fourth-order valence-electron chi connectivity index (χ4n) is 2.69. The first kappa shape index (κ1) is 10.3. The Bertz CT molecular complexity index is 399. The number of benzene rings is 1. The molecular formula is C13H17NOS. The van der Waals surface area contributed by atoms with E-state index in [4.69, 9.17) is 4.74 Å². The molecule has 0 radical (unpaired) electrons. The Morgan fingerprint density at radius 2 is 2.12 bits per heavy atom. The Kier molecular flexibility index (Phi) is 2.51. The van der Waals surface area contributed by atoms with Crippen LogP contribution in [0.4, 0.5) is 5.69 Å². The van der Waals surface area contributed by atoms with Crippen molar-refractivity contribution >= 4 is 17.4 Å². The summed E-state index contributed by atoms with van der Waals surface area (Å²) in [5.74, 6) is 0.939. The van der Waals surface area contributed by atoms with E-state index in [0.29, 0.717) is 4.75 Å². The molecule has 0 unspecified atom stereocenters. The summed E-state index contributed by atoms with van der Waals surface area (Å²) in [5, 5.41) is 3.57. The Morgan fingerprint density at radius 3 is 2.88 bits per heavy atom. The van der Waals surface area contributed by atoms with Gasteiger partial charge >= 0.3 is 0 Å². The molecule has 1 aliphatic heterocycles. The Morgan fingerprint density at radius 1 is 1.31 bits per heavy atom. The molecule has 1 aromatic carbocycles. The molecular weight excluding hydrogens is 218 g/mol. The van der Waals surface area contributed by atoms with Gasteiger partial charge in [0, 0.05) is 22.3 Å². The molecule has 1 spiro atoms. The van der Waals surface area contributed by atoms with Gasteiger partial charge in [-0.2, -0.15) is 0 Å². The third-order valence-electron chi connectivity index (χ3n) is 3.63. The summed E-state index contributed by atoms with van der Waals surface area (Å²) in [5.41, 5.74) is 1.24. The maximum atomic E-state index is 5.25. The SMILES string of the molecule is COc1ccc2c(c1)NCC1(CCCC1)S2. The topological polar surface area (TPSA) is 21.3 Å². The number of ether oxygens (including phenoxy) is 1. The van der Waals surface area contributed by atoms with Crippen LogP contribution in [-0.4, -0.2) is 18.4 Å². The zero-order chi connectivity index (χ0) is 11.0. The quantitative estimate of drug-likeness (QED) is 0.804. The van der Waals surface area contributed by atoms with Crippen LogP contribution in [0.3, 0.4) is 0 Å². The molecule has 1 heterocycles. The zero-order valence-electron chi connectivity index (χ0n) is 9.58. The van der Waals surface area contributed by atoms with E-state index in [1.165, 1.54) is 36.3 Å². The molecule has 3 rings (SSSR count). The van der Waals surface area contributed by atoms with Crippen molar-refractivity contribution in [3.05, 3.63) is 18.2 Å². The molecule has 1 saturated carbocycles. The van der Waals surface area contributed by atoms with Crippen LogP contribution < -0.4 is 10.1 Å². The normalized spacial score (nSPS) is 21.6. The minimum atomic E-state index is 0.474. The van der Waals surface area contributed by atoms with Crippen molar-refractivity contribution in [1.82, 2.24) is 0 Å². The third kappa shape index (κ3) is 1.67. The van der Waals surface area contributed by atoms with E-state index in [-0.39, 0.29) is 0 Å². The van der Waals surface area contributed by atoms with E-state index in [2.05, 4.69) is 35.3 Å². The van der Waals surface area contributed by atoms with Crippen LogP contribution >= 0.6 is 11.8 Å². The predicted molar refractivity (Wildman–Crippen MR) is 68.5 cm³/mol. The van der Waals surface area contributed by atoms with Crippen molar-refractivity contribution in [3.8, 4) is 5.75 Å². The second-order valence-corrected chi connectivity index (χ2v) is 6.22. The number of anilines is 1. The highest BCUT2D eigenvalue weighted by Gasteiger charge is 2.37. The van der Waals surface area contributed by atoms with Crippen LogP contribution in [0.2, 0.25) is 0 Å². The Hall–Kier alpha value is -0.830. The molecule has 1 fully saturated rings. The summed E-state index contributed by atoms with van der Waals surface area (Å²) in [7, 11) is 1.72. The van der Waals surface area contributed by atoms with Crippen LogP contribution in [0.25, 0.3) is 0 Å². The smallest absolute Gasteiger partial charge is 0.121 e. The highest BCUT2D eigenvalue weighted by atomic mass is 32.2. The lowest BCUT2D eigenvalue weighted by Gasteiger charge is -2.34. The highest BCUT2D eigenvalue weighted by molar-refractivity contribution is 8.01. The Labute approximate surface area is 101 Å². The van der Waals surface area contributed by atoms with E-state index in [9.17, 15) is 0 Å². The average Bonchev–Trinajstić information content (AvgIpc) is 2.77. The number of hydrogen-bond acceptors (Lipinski definition) is 3. The van der Waals surface area contributed by atoms with Gasteiger partial charge in [0.2, 0.25) is 0 Å². The van der Waals surface area contributed by atoms with Gasteiger partial charge in [-0.25, -0.2) is 0 Å². The number of hydrogen-bond donors (Lipinski definition) is 1. The van der Waals surface area contributed by atoms with Crippen molar-refractivity contribution in [1.29, 1.82) is 0 Å². The third-order valence-corrected chi connectivity index (χ3v) is 5.19. The number of nitrogens with one attached hydrogen (secondary N) is 1. The van der Waals surface area contributed by atoms with Crippen LogP contribution in [0.15, 0.2) is 23.1 Å². The molecule has 1 aromatic rings. The summed E-state index contributed by atoms with van der Waals surface area (Å²) in [6.07, 6.45) is 5.49. The zero-order valence-corrected chi connectivity index (χ0v) is 10.4. The lowest BCUT2D eigenvalue weighted by atomic mass is 10.1. The number of fused-ring (bicyclic) bond motifs is 1. The second kappa shape index (κ2) is 3.88. The fourth-order valence-corrected chi connectivity index (χ4v) is 4.17. The minimum Gasteiger partial charge on any atom is -0.497 e. The first-order valence-corrected chi connectivity index (χ1v) is 6.74. The van der Waals surface area contributed by atoms with Crippen molar-refractivity contribution in [3.63, 3.8) is 0 Å². The molecule has 0 amide bonds. The predicted octanol–water partition coefficient (Wildman–Crippen LogP) is 3.53. The van der Waals surface area contributed by atoms with Gasteiger partial charge in [-0.15, -0.1) is 11.8 Å². The van der Waals surface area contributed by atoms with Crippen LogP contribution in [0.1, 0.15) is 25.7 Å². The summed E-state index contributed by atoms with van der Waals surface area (Å²) < 4.78 is 5.72. The van der Waals surface area contributed by atoms with Gasteiger partial charge in [0.05, 0.1) is 12.8 Å². The second-order valence-electron chi connectivity index (χ2n) is 4.71. The van der Waals surface area contributed by atoms with Crippen LogP contribution in [0, 0.1) is 0 Å². The summed E-state index contributed by atoms with van der Waals surface area (Å²) in [4.78, 5) is 1.38. The first-order valence-electron chi connectivity index (χ1n) is 5.92. The highest BCUT2D eigenvalue weighted by Crippen LogP contribution is 2.50. The first-order chi connectivity index (χ1) is 7.81. The summed E-state index contributed by atoms with van der Waals surface area (Å²) >= 11 is 2.07.